The van der Waals surface area contributed by atoms with E-state index in [1.165, 1.54) is 0 Å². The number of rotatable bonds is 14. The number of fused-ring (bicyclic) bond motifs is 1. The number of amides is 3. The molecule has 0 saturated heterocycles. The van der Waals surface area contributed by atoms with Gasteiger partial charge in [0.05, 0.1) is 6.04 Å². The lowest BCUT2D eigenvalue weighted by Gasteiger charge is -2.24. The number of carbonyl (C=O) groups is 5. The maximum atomic E-state index is 12.8. The Hall–Kier alpha value is -3.23. The standard InChI is InChI=1S/C22H29N5O7S2/c23-13(9-35)19(30)25-15(5-6-18(28)29)20(31)27-17(10-36)21(32)26-16(22(33)34)7-11-8-24-14-4-2-1-3-12(11)14/h1-4,8,13,15-17,24,35-36H,5-7,9-10,23H2,(H,25,30)(H,26,32)(H,27,31)(H,28,29)(H,33,34). The van der Waals surface area contributed by atoms with Crippen molar-refractivity contribution >= 4 is 65.8 Å². The highest BCUT2D eigenvalue weighted by Crippen LogP contribution is 2.19. The summed E-state index contributed by atoms with van der Waals surface area (Å²) >= 11 is 7.99. The third-order valence-electron chi connectivity index (χ3n) is 5.34. The van der Waals surface area contributed by atoms with Crippen molar-refractivity contribution in [2.45, 2.75) is 43.4 Å². The molecule has 4 atom stereocenters. The van der Waals surface area contributed by atoms with Gasteiger partial charge in [-0.2, -0.15) is 25.3 Å². The van der Waals surface area contributed by atoms with Crippen LogP contribution in [0, 0.1) is 0 Å². The Morgan fingerprint density at radius 1 is 0.889 bits per heavy atom. The van der Waals surface area contributed by atoms with Crippen LogP contribution in [0.15, 0.2) is 30.5 Å². The molecule has 0 fully saturated rings. The van der Waals surface area contributed by atoms with E-state index in [4.69, 9.17) is 10.8 Å². The molecule has 0 aliphatic rings. The number of aromatic amines is 1. The highest BCUT2D eigenvalue weighted by molar-refractivity contribution is 7.80. The molecule has 1 aromatic heterocycles. The lowest BCUT2D eigenvalue weighted by Crippen LogP contribution is -2.58. The molecule has 2 aromatic rings. The Labute approximate surface area is 217 Å². The summed E-state index contributed by atoms with van der Waals surface area (Å²) in [5, 5.41) is 26.6. The van der Waals surface area contributed by atoms with Gasteiger partial charge in [0.2, 0.25) is 17.7 Å². The first kappa shape index (κ1) is 29.0. The Morgan fingerprint density at radius 2 is 1.50 bits per heavy atom. The maximum absolute atomic E-state index is 12.8. The molecule has 196 valence electrons. The molecule has 2 rings (SSSR count). The second-order valence-corrected chi connectivity index (χ2v) is 8.72. The molecule has 8 N–H and O–H groups in total. The van der Waals surface area contributed by atoms with Crippen molar-refractivity contribution in [2.24, 2.45) is 5.73 Å². The fraction of sp³-hybridized carbons (Fsp3) is 0.409. The second-order valence-electron chi connectivity index (χ2n) is 7.99. The molecule has 12 nitrogen and oxygen atoms in total. The van der Waals surface area contributed by atoms with E-state index in [9.17, 15) is 29.1 Å². The number of aromatic nitrogens is 1. The fourth-order valence-corrected chi connectivity index (χ4v) is 3.78. The van der Waals surface area contributed by atoms with E-state index in [1.807, 2.05) is 24.3 Å². The predicted octanol–water partition coefficient (Wildman–Crippen LogP) is -0.699. The summed E-state index contributed by atoms with van der Waals surface area (Å²) in [6, 6.07) is 2.42. The molecule has 0 spiro atoms. The molecule has 14 heteroatoms. The van der Waals surface area contributed by atoms with E-state index >= 15 is 0 Å². The molecule has 0 bridgehead atoms. The molecule has 0 saturated carbocycles. The van der Waals surface area contributed by atoms with Crippen LogP contribution in [-0.4, -0.2) is 80.5 Å². The lowest BCUT2D eigenvalue weighted by molar-refractivity contribution is -0.142. The number of H-pyrrole nitrogens is 1. The molecule has 0 aliphatic heterocycles. The van der Waals surface area contributed by atoms with Crippen LogP contribution in [0.2, 0.25) is 0 Å². The zero-order valence-electron chi connectivity index (χ0n) is 19.1. The van der Waals surface area contributed by atoms with E-state index < -0.39 is 60.2 Å². The number of thiol groups is 2. The van der Waals surface area contributed by atoms with Gasteiger partial charge < -0.3 is 36.9 Å². The minimum atomic E-state index is -1.30. The number of nitrogens with two attached hydrogens (primary N) is 1. The molecule has 36 heavy (non-hydrogen) atoms. The molecule has 4 unspecified atom stereocenters. The van der Waals surface area contributed by atoms with E-state index in [1.54, 1.807) is 6.20 Å². The third kappa shape index (κ3) is 8.17. The molecular formula is C22H29N5O7S2. The first-order valence-electron chi connectivity index (χ1n) is 10.9. The number of para-hydroxylation sites is 1. The Bertz CT molecular complexity index is 1110. The number of nitrogens with one attached hydrogen (secondary N) is 4. The largest absolute Gasteiger partial charge is 0.481 e. The quantitative estimate of drug-likeness (QED) is 0.140. The summed E-state index contributed by atoms with van der Waals surface area (Å²) in [6.07, 6.45) is 0.955. The zero-order valence-corrected chi connectivity index (χ0v) is 20.9. The van der Waals surface area contributed by atoms with Crippen LogP contribution in [0.1, 0.15) is 18.4 Å². The van der Waals surface area contributed by atoms with Crippen LogP contribution in [0.4, 0.5) is 0 Å². The van der Waals surface area contributed by atoms with Gasteiger partial charge in [-0.25, -0.2) is 4.79 Å². The SMILES string of the molecule is NC(CS)C(=O)NC(CCC(=O)O)C(=O)NC(CS)C(=O)NC(Cc1c[nH]c2ccccc12)C(=O)O. The first-order chi connectivity index (χ1) is 17.1. The van der Waals surface area contributed by atoms with Crippen molar-refractivity contribution in [1.82, 2.24) is 20.9 Å². The van der Waals surface area contributed by atoms with Crippen molar-refractivity contribution in [1.29, 1.82) is 0 Å². The van der Waals surface area contributed by atoms with Gasteiger partial charge in [-0.1, -0.05) is 18.2 Å². The van der Waals surface area contributed by atoms with Crippen molar-refractivity contribution < 1.29 is 34.2 Å². The van der Waals surface area contributed by atoms with E-state index in [0.29, 0.717) is 5.56 Å². The topological polar surface area (TPSA) is 204 Å². The Morgan fingerprint density at radius 3 is 2.11 bits per heavy atom. The van der Waals surface area contributed by atoms with Crippen molar-refractivity contribution in [3.63, 3.8) is 0 Å². The van der Waals surface area contributed by atoms with Crippen molar-refractivity contribution in [2.75, 3.05) is 11.5 Å². The molecule has 1 aromatic carbocycles. The summed E-state index contributed by atoms with van der Waals surface area (Å²) in [4.78, 5) is 63.6. The molecule has 1 heterocycles. The second kappa shape index (κ2) is 13.8. The molecule has 0 aliphatic carbocycles. The Balaban J connectivity index is 2.10. The zero-order chi connectivity index (χ0) is 26.8. The van der Waals surface area contributed by atoms with Gasteiger partial charge in [0.1, 0.15) is 18.1 Å². The average molecular weight is 540 g/mol. The number of carbonyl (C=O) groups excluding carboxylic acids is 3. The van der Waals surface area contributed by atoms with Gasteiger partial charge in [0, 0.05) is 41.4 Å². The summed E-state index contributed by atoms with van der Waals surface area (Å²) in [5.41, 5.74) is 7.10. The number of carboxylic acid groups (broad SMARTS) is 2. The van der Waals surface area contributed by atoms with E-state index in [-0.39, 0.29) is 24.3 Å². The fourth-order valence-electron chi connectivity index (χ4n) is 3.36. The number of benzene rings is 1. The van der Waals surface area contributed by atoms with Crippen molar-refractivity contribution in [3.8, 4) is 0 Å². The maximum Gasteiger partial charge on any atom is 0.326 e. The summed E-state index contributed by atoms with van der Waals surface area (Å²) < 4.78 is 0. The number of aliphatic carboxylic acids is 2. The number of hydrogen-bond acceptors (Lipinski definition) is 8. The van der Waals surface area contributed by atoms with Gasteiger partial charge in [0.25, 0.3) is 0 Å². The van der Waals surface area contributed by atoms with Gasteiger partial charge >= 0.3 is 11.9 Å². The van der Waals surface area contributed by atoms with E-state index in [0.717, 1.165) is 10.9 Å². The van der Waals surface area contributed by atoms with Gasteiger partial charge in [0.15, 0.2) is 0 Å². The van der Waals surface area contributed by atoms with Crippen molar-refractivity contribution in [3.05, 3.63) is 36.0 Å². The van der Waals surface area contributed by atoms with Gasteiger partial charge in [-0.3, -0.25) is 19.2 Å². The first-order valence-corrected chi connectivity index (χ1v) is 12.2. The molecule has 0 radical (unpaired) electrons. The number of carboxylic acids is 2. The van der Waals surface area contributed by atoms with E-state index in [2.05, 4.69) is 46.2 Å². The average Bonchev–Trinajstić information content (AvgIpc) is 3.26. The normalized spacial score (nSPS) is 14.3. The van der Waals surface area contributed by atoms with Gasteiger partial charge in [-0.15, -0.1) is 0 Å². The summed E-state index contributed by atoms with van der Waals surface area (Å²) in [5.74, 6) is -5.02. The smallest absolute Gasteiger partial charge is 0.326 e. The number of hydrogen-bond donors (Lipinski definition) is 9. The van der Waals surface area contributed by atoms with Gasteiger partial charge in [-0.05, 0) is 18.1 Å². The highest BCUT2D eigenvalue weighted by Gasteiger charge is 2.30. The monoisotopic (exact) mass is 539 g/mol. The minimum absolute atomic E-state index is 0.00617. The minimum Gasteiger partial charge on any atom is -0.481 e. The molecular weight excluding hydrogens is 510 g/mol. The predicted molar refractivity (Wildman–Crippen MR) is 138 cm³/mol. The van der Waals surface area contributed by atoms with Crippen LogP contribution < -0.4 is 21.7 Å². The van der Waals surface area contributed by atoms with Crippen LogP contribution in [0.5, 0.6) is 0 Å². The lowest BCUT2D eigenvalue weighted by atomic mass is 10.0. The van der Waals surface area contributed by atoms with Crippen LogP contribution in [0.3, 0.4) is 0 Å². The Kier molecular flexibility index (Phi) is 11.1. The van der Waals surface area contributed by atoms with Crippen LogP contribution >= 0.6 is 25.3 Å². The highest BCUT2D eigenvalue weighted by atomic mass is 32.1. The third-order valence-corrected chi connectivity index (χ3v) is 6.10. The van der Waals surface area contributed by atoms with Crippen LogP contribution in [0.25, 0.3) is 10.9 Å². The summed E-state index contributed by atoms with van der Waals surface area (Å²) in [6.45, 7) is 0. The summed E-state index contributed by atoms with van der Waals surface area (Å²) in [7, 11) is 0. The molecule has 3 amide bonds. The van der Waals surface area contributed by atoms with Crippen LogP contribution in [-0.2, 0) is 30.4 Å².